The van der Waals surface area contributed by atoms with Crippen molar-refractivity contribution in [2.75, 3.05) is 4.90 Å². The van der Waals surface area contributed by atoms with Gasteiger partial charge in [0, 0.05) is 27.8 Å². The van der Waals surface area contributed by atoms with Gasteiger partial charge in [-0.15, -0.1) is 0 Å². The molecule has 0 saturated heterocycles. The van der Waals surface area contributed by atoms with Crippen LogP contribution in [0.25, 0.3) is 76.5 Å². The zero-order valence-electron chi connectivity index (χ0n) is 27.3. The molecule has 0 fully saturated rings. The van der Waals surface area contributed by atoms with Crippen LogP contribution < -0.4 is 4.90 Å². The van der Waals surface area contributed by atoms with Crippen molar-refractivity contribution in [3.8, 4) is 22.3 Å². The van der Waals surface area contributed by atoms with Gasteiger partial charge in [-0.05, 0) is 109 Å². The van der Waals surface area contributed by atoms with Crippen LogP contribution in [0.5, 0.6) is 0 Å². The van der Waals surface area contributed by atoms with E-state index in [9.17, 15) is 0 Å². The predicted octanol–water partition coefficient (Wildman–Crippen LogP) is 13.8. The molecule has 0 aliphatic heterocycles. The van der Waals surface area contributed by atoms with Gasteiger partial charge in [0.25, 0.3) is 0 Å². The molecule has 0 spiro atoms. The predicted molar refractivity (Wildman–Crippen MR) is 212 cm³/mol. The second-order valence-electron chi connectivity index (χ2n) is 12.9. The van der Waals surface area contributed by atoms with Crippen molar-refractivity contribution in [3.05, 3.63) is 188 Å². The first-order chi connectivity index (χ1) is 24.8. The van der Waals surface area contributed by atoms with E-state index in [0.29, 0.717) is 0 Å². The number of hydrogen-bond donors (Lipinski definition) is 0. The first-order valence-corrected chi connectivity index (χ1v) is 17.1. The Morgan fingerprint density at radius 3 is 1.76 bits per heavy atom. The molecule has 234 valence electrons. The number of para-hydroxylation sites is 2. The van der Waals surface area contributed by atoms with Crippen LogP contribution in [-0.2, 0) is 0 Å². The van der Waals surface area contributed by atoms with Crippen LogP contribution in [0.1, 0.15) is 0 Å². The average Bonchev–Trinajstić information content (AvgIpc) is 3.57. The number of fused-ring (bicyclic) bond motifs is 8. The van der Waals surface area contributed by atoms with Crippen LogP contribution in [0.4, 0.5) is 17.1 Å². The van der Waals surface area contributed by atoms with E-state index in [0.717, 1.165) is 50.1 Å². The maximum Gasteiger partial charge on any atom is 0.136 e. The van der Waals surface area contributed by atoms with Crippen LogP contribution in [0.2, 0.25) is 0 Å². The number of hydrogen-bond acceptors (Lipinski definition) is 2. The van der Waals surface area contributed by atoms with Gasteiger partial charge in [0.2, 0.25) is 0 Å². The average molecular weight is 638 g/mol. The fourth-order valence-corrected chi connectivity index (χ4v) is 7.63. The number of furan rings is 1. The molecule has 2 heteroatoms. The summed E-state index contributed by atoms with van der Waals surface area (Å²) in [6, 6.07) is 67.5. The number of anilines is 3. The molecule has 0 aliphatic rings. The molecule has 50 heavy (non-hydrogen) atoms. The van der Waals surface area contributed by atoms with Crippen LogP contribution >= 0.6 is 0 Å². The number of benzene rings is 9. The Kier molecular flexibility index (Phi) is 6.53. The van der Waals surface area contributed by atoms with Crippen molar-refractivity contribution in [1.82, 2.24) is 0 Å². The summed E-state index contributed by atoms with van der Waals surface area (Å²) < 4.78 is 6.42. The van der Waals surface area contributed by atoms with Gasteiger partial charge in [-0.25, -0.2) is 0 Å². The van der Waals surface area contributed by atoms with Crippen molar-refractivity contribution in [3.63, 3.8) is 0 Å². The van der Waals surface area contributed by atoms with Crippen molar-refractivity contribution < 1.29 is 4.42 Å². The topological polar surface area (TPSA) is 16.4 Å². The molecule has 10 rings (SSSR count). The first-order valence-electron chi connectivity index (χ1n) is 17.1. The Morgan fingerprint density at radius 1 is 0.320 bits per heavy atom. The zero-order valence-corrected chi connectivity index (χ0v) is 27.3. The third kappa shape index (κ3) is 4.65. The van der Waals surface area contributed by atoms with E-state index in [2.05, 4.69) is 187 Å². The summed E-state index contributed by atoms with van der Waals surface area (Å²) in [5.41, 5.74) is 9.83. The van der Waals surface area contributed by atoms with E-state index >= 15 is 0 Å². The van der Waals surface area contributed by atoms with E-state index in [1.807, 2.05) is 6.07 Å². The Morgan fingerprint density at radius 2 is 0.940 bits per heavy atom. The maximum atomic E-state index is 6.42. The molecule has 0 aliphatic carbocycles. The summed E-state index contributed by atoms with van der Waals surface area (Å²) in [7, 11) is 0. The molecule has 10 aromatic rings. The van der Waals surface area contributed by atoms with Gasteiger partial charge in [0.05, 0.1) is 0 Å². The van der Waals surface area contributed by atoms with Gasteiger partial charge >= 0.3 is 0 Å². The lowest BCUT2D eigenvalue weighted by Gasteiger charge is -2.26. The summed E-state index contributed by atoms with van der Waals surface area (Å²) in [4.78, 5) is 2.35. The molecule has 0 radical (unpaired) electrons. The molecule has 0 N–H and O–H groups in total. The summed E-state index contributed by atoms with van der Waals surface area (Å²) >= 11 is 0. The molecule has 0 bridgehead atoms. The quantitative estimate of drug-likeness (QED) is 0.175. The molecule has 0 unspecified atom stereocenters. The summed E-state index contributed by atoms with van der Waals surface area (Å²) in [5.74, 6) is 0. The lowest BCUT2D eigenvalue weighted by atomic mass is 9.94. The lowest BCUT2D eigenvalue weighted by Crippen LogP contribution is -2.09. The normalized spacial score (nSPS) is 11.6. The minimum atomic E-state index is 0.905. The third-order valence-electron chi connectivity index (χ3n) is 10.0. The molecule has 0 saturated carbocycles. The van der Waals surface area contributed by atoms with Crippen molar-refractivity contribution in [1.29, 1.82) is 0 Å². The minimum absolute atomic E-state index is 0.905. The molecule has 1 aromatic heterocycles. The largest absolute Gasteiger partial charge is 0.456 e. The van der Waals surface area contributed by atoms with E-state index in [1.54, 1.807) is 0 Å². The second-order valence-corrected chi connectivity index (χ2v) is 12.9. The van der Waals surface area contributed by atoms with Crippen molar-refractivity contribution in [2.24, 2.45) is 0 Å². The molecule has 1 heterocycles. The fraction of sp³-hybridized carbons (Fsp3) is 0. The smallest absolute Gasteiger partial charge is 0.136 e. The first kappa shape index (κ1) is 28.4. The second kappa shape index (κ2) is 11.5. The van der Waals surface area contributed by atoms with Crippen LogP contribution in [-0.4, -0.2) is 0 Å². The molecule has 0 amide bonds. The standard InChI is InChI=1S/C48H31NO/c1-3-11-33(12-4-1)44-31-47-48(42-17-9-10-18-46(42)50-47)41-28-27-39(30-45(41)44)49(37-14-5-2-6-15-37)38-25-23-32(24-26-38)36-22-21-35-20-19-34-13-7-8-16-40(34)43(35)29-36/h1-31H. The SMILES string of the molecule is c1ccc(-c2cc3oc4ccccc4c3c3ccc(N(c4ccccc4)c4ccc(-c5ccc6ccc7ccccc7c6c5)cc4)cc23)cc1. The molecular weight excluding hydrogens is 607 g/mol. The Bertz CT molecular complexity index is 2850. The summed E-state index contributed by atoms with van der Waals surface area (Å²) in [6.45, 7) is 0. The van der Waals surface area contributed by atoms with Gasteiger partial charge in [0.1, 0.15) is 11.2 Å². The van der Waals surface area contributed by atoms with Crippen molar-refractivity contribution in [2.45, 2.75) is 0 Å². The highest BCUT2D eigenvalue weighted by Gasteiger charge is 2.18. The van der Waals surface area contributed by atoms with Gasteiger partial charge in [-0.3, -0.25) is 0 Å². The summed E-state index contributed by atoms with van der Waals surface area (Å²) in [5, 5.41) is 9.74. The Hall–Kier alpha value is -6.64. The van der Waals surface area contributed by atoms with Crippen LogP contribution in [0, 0.1) is 0 Å². The zero-order chi connectivity index (χ0) is 33.0. The summed E-state index contributed by atoms with van der Waals surface area (Å²) in [6.07, 6.45) is 0. The highest BCUT2D eigenvalue weighted by molar-refractivity contribution is 6.22. The Balaban J connectivity index is 1.14. The maximum absolute atomic E-state index is 6.42. The van der Waals surface area contributed by atoms with Crippen LogP contribution in [0.3, 0.4) is 0 Å². The van der Waals surface area contributed by atoms with Crippen molar-refractivity contribution >= 4 is 71.3 Å². The van der Waals surface area contributed by atoms with E-state index in [-0.39, 0.29) is 0 Å². The highest BCUT2D eigenvalue weighted by atomic mass is 16.3. The minimum Gasteiger partial charge on any atom is -0.456 e. The van der Waals surface area contributed by atoms with Gasteiger partial charge in [0.15, 0.2) is 0 Å². The molecular formula is C48H31NO. The molecule has 9 aromatic carbocycles. The Labute approximate surface area is 290 Å². The molecule has 2 nitrogen and oxygen atoms in total. The monoisotopic (exact) mass is 637 g/mol. The van der Waals surface area contributed by atoms with Gasteiger partial charge in [-0.1, -0.05) is 133 Å². The lowest BCUT2D eigenvalue weighted by molar-refractivity contribution is 0.669. The fourth-order valence-electron chi connectivity index (χ4n) is 7.63. The van der Waals surface area contributed by atoms with Gasteiger partial charge in [-0.2, -0.15) is 0 Å². The van der Waals surface area contributed by atoms with Crippen LogP contribution in [0.15, 0.2) is 192 Å². The van der Waals surface area contributed by atoms with E-state index in [4.69, 9.17) is 4.42 Å². The van der Waals surface area contributed by atoms with Gasteiger partial charge < -0.3 is 9.32 Å². The van der Waals surface area contributed by atoms with E-state index < -0.39 is 0 Å². The van der Waals surface area contributed by atoms with E-state index in [1.165, 1.54) is 43.4 Å². The molecule has 0 atom stereocenters. The number of nitrogens with zero attached hydrogens (tertiary/aromatic N) is 1. The highest BCUT2D eigenvalue weighted by Crippen LogP contribution is 2.44. The third-order valence-corrected chi connectivity index (χ3v) is 10.0. The number of rotatable bonds is 5.